The largest absolute Gasteiger partial charge is 0.495 e. The fourth-order valence-corrected chi connectivity index (χ4v) is 3.03. The summed E-state index contributed by atoms with van der Waals surface area (Å²) in [4.78, 5) is 11.1. The third kappa shape index (κ3) is 3.26. The maximum Gasteiger partial charge on any atom is 0.303 e. The second-order valence-corrected chi connectivity index (χ2v) is 6.22. The van der Waals surface area contributed by atoms with Crippen LogP contribution in [-0.4, -0.2) is 18.2 Å². The highest BCUT2D eigenvalue weighted by Gasteiger charge is 2.35. The summed E-state index contributed by atoms with van der Waals surface area (Å²) in [5.41, 5.74) is 2.22. The highest BCUT2D eigenvalue weighted by atomic mass is 35.5. The number of rotatable bonds is 6. The SMILES string of the molecule is COc1cc(C(C)C)c(C(CC(=O)O)C2CC2)cc1Cl. The molecule has 0 bridgehead atoms. The first kappa shape index (κ1) is 15.2. The molecule has 0 heterocycles. The zero-order valence-electron chi connectivity index (χ0n) is 12.1. The van der Waals surface area contributed by atoms with Gasteiger partial charge in [-0.2, -0.15) is 0 Å². The Morgan fingerprint density at radius 2 is 2.05 bits per heavy atom. The fourth-order valence-electron chi connectivity index (χ4n) is 2.78. The lowest BCUT2D eigenvalue weighted by Gasteiger charge is -2.22. The smallest absolute Gasteiger partial charge is 0.303 e. The molecule has 110 valence electrons. The number of ether oxygens (including phenoxy) is 1. The summed E-state index contributed by atoms with van der Waals surface area (Å²) in [5.74, 6) is 0.764. The van der Waals surface area contributed by atoms with E-state index >= 15 is 0 Å². The molecule has 20 heavy (non-hydrogen) atoms. The summed E-state index contributed by atoms with van der Waals surface area (Å²) in [6, 6.07) is 3.86. The van der Waals surface area contributed by atoms with Crippen molar-refractivity contribution in [3.63, 3.8) is 0 Å². The normalized spacial score (nSPS) is 16.2. The van der Waals surface area contributed by atoms with Gasteiger partial charge < -0.3 is 9.84 Å². The Morgan fingerprint density at radius 1 is 1.40 bits per heavy atom. The van der Waals surface area contributed by atoms with Gasteiger partial charge in [-0.1, -0.05) is 25.4 Å². The molecular weight excluding hydrogens is 276 g/mol. The molecule has 2 rings (SSSR count). The molecule has 1 unspecified atom stereocenters. The lowest BCUT2D eigenvalue weighted by molar-refractivity contribution is -0.137. The predicted octanol–water partition coefficient (Wildman–Crippen LogP) is 4.44. The van der Waals surface area contributed by atoms with Gasteiger partial charge in [0, 0.05) is 0 Å². The molecule has 0 amide bonds. The van der Waals surface area contributed by atoms with Gasteiger partial charge in [0.2, 0.25) is 0 Å². The second kappa shape index (κ2) is 6.04. The van der Waals surface area contributed by atoms with Crippen molar-refractivity contribution in [1.82, 2.24) is 0 Å². The van der Waals surface area contributed by atoms with E-state index in [0.717, 1.165) is 24.0 Å². The van der Waals surface area contributed by atoms with Crippen LogP contribution in [0.3, 0.4) is 0 Å². The van der Waals surface area contributed by atoms with E-state index in [1.165, 1.54) is 0 Å². The molecular formula is C16H21ClO3. The highest BCUT2D eigenvalue weighted by Crippen LogP contribution is 2.48. The molecule has 1 aliphatic carbocycles. The van der Waals surface area contributed by atoms with Crippen LogP contribution in [0.15, 0.2) is 12.1 Å². The summed E-state index contributed by atoms with van der Waals surface area (Å²) in [7, 11) is 1.60. The van der Waals surface area contributed by atoms with Crippen LogP contribution in [0.5, 0.6) is 5.75 Å². The molecule has 1 aromatic carbocycles. The third-order valence-electron chi connectivity index (χ3n) is 3.96. The summed E-state index contributed by atoms with van der Waals surface area (Å²) in [6.07, 6.45) is 2.39. The zero-order valence-corrected chi connectivity index (χ0v) is 12.9. The number of aliphatic carboxylic acids is 1. The summed E-state index contributed by atoms with van der Waals surface area (Å²) < 4.78 is 5.28. The van der Waals surface area contributed by atoms with Gasteiger partial charge in [-0.15, -0.1) is 0 Å². The van der Waals surface area contributed by atoms with Crippen LogP contribution in [0.4, 0.5) is 0 Å². The van der Waals surface area contributed by atoms with E-state index in [9.17, 15) is 4.79 Å². The Balaban J connectivity index is 2.46. The molecule has 1 aromatic rings. The Kier molecular flexibility index (Phi) is 4.59. The van der Waals surface area contributed by atoms with Gasteiger partial charge in [0.15, 0.2) is 0 Å². The van der Waals surface area contributed by atoms with Gasteiger partial charge in [-0.3, -0.25) is 4.79 Å². The number of halogens is 1. The molecule has 3 nitrogen and oxygen atoms in total. The monoisotopic (exact) mass is 296 g/mol. The number of methoxy groups -OCH3 is 1. The van der Waals surface area contributed by atoms with Crippen molar-refractivity contribution < 1.29 is 14.6 Å². The molecule has 0 spiro atoms. The van der Waals surface area contributed by atoms with E-state index < -0.39 is 5.97 Å². The number of carboxylic acids is 1. The van der Waals surface area contributed by atoms with Gasteiger partial charge in [-0.05, 0) is 53.9 Å². The summed E-state index contributed by atoms with van der Waals surface area (Å²) in [6.45, 7) is 4.22. The van der Waals surface area contributed by atoms with Crippen molar-refractivity contribution in [2.24, 2.45) is 5.92 Å². The van der Waals surface area contributed by atoms with Crippen molar-refractivity contribution in [2.45, 2.75) is 44.9 Å². The topological polar surface area (TPSA) is 46.5 Å². The summed E-state index contributed by atoms with van der Waals surface area (Å²) in [5, 5.41) is 9.72. The van der Waals surface area contributed by atoms with Gasteiger partial charge in [0.05, 0.1) is 18.6 Å². The number of hydrogen-bond donors (Lipinski definition) is 1. The Labute approximate surface area is 124 Å². The quantitative estimate of drug-likeness (QED) is 0.844. The predicted molar refractivity (Wildman–Crippen MR) is 79.8 cm³/mol. The minimum absolute atomic E-state index is 0.0632. The first-order chi connectivity index (χ1) is 9.43. The van der Waals surface area contributed by atoms with Crippen molar-refractivity contribution in [3.05, 3.63) is 28.3 Å². The molecule has 0 radical (unpaired) electrons. The van der Waals surface area contributed by atoms with Crippen LogP contribution in [0.25, 0.3) is 0 Å². The van der Waals surface area contributed by atoms with Crippen LogP contribution < -0.4 is 4.74 Å². The van der Waals surface area contributed by atoms with Gasteiger partial charge >= 0.3 is 5.97 Å². The van der Waals surface area contributed by atoms with Crippen LogP contribution in [0, 0.1) is 5.92 Å². The number of carboxylic acid groups (broad SMARTS) is 1. The van der Waals surface area contributed by atoms with Crippen LogP contribution in [0.2, 0.25) is 5.02 Å². The van der Waals surface area contributed by atoms with E-state index in [4.69, 9.17) is 21.4 Å². The fraction of sp³-hybridized carbons (Fsp3) is 0.562. The highest BCUT2D eigenvalue weighted by molar-refractivity contribution is 6.32. The molecule has 1 atom stereocenters. The Morgan fingerprint density at radius 3 is 2.50 bits per heavy atom. The summed E-state index contributed by atoms with van der Waals surface area (Å²) >= 11 is 6.24. The average Bonchev–Trinajstić information content (AvgIpc) is 3.19. The van der Waals surface area contributed by atoms with E-state index in [-0.39, 0.29) is 12.3 Å². The van der Waals surface area contributed by atoms with Crippen molar-refractivity contribution >= 4 is 17.6 Å². The Hall–Kier alpha value is -1.22. The minimum Gasteiger partial charge on any atom is -0.495 e. The van der Waals surface area contributed by atoms with Crippen molar-refractivity contribution in [3.8, 4) is 5.75 Å². The molecule has 4 heteroatoms. The lowest BCUT2D eigenvalue weighted by atomic mass is 9.84. The van der Waals surface area contributed by atoms with Crippen molar-refractivity contribution in [1.29, 1.82) is 0 Å². The van der Waals surface area contributed by atoms with E-state index in [2.05, 4.69) is 13.8 Å². The third-order valence-corrected chi connectivity index (χ3v) is 4.26. The van der Waals surface area contributed by atoms with Gasteiger partial charge in [-0.25, -0.2) is 0 Å². The maximum absolute atomic E-state index is 11.1. The average molecular weight is 297 g/mol. The number of benzene rings is 1. The first-order valence-corrected chi connectivity index (χ1v) is 7.41. The van der Waals surface area contributed by atoms with E-state index in [0.29, 0.717) is 22.6 Å². The number of hydrogen-bond acceptors (Lipinski definition) is 2. The standard InChI is InChI=1S/C16H21ClO3/c1-9(2)11-7-15(20-3)14(17)6-13(11)12(8-16(18)19)10-4-5-10/h6-7,9-10,12H,4-5,8H2,1-3H3,(H,18,19). The molecule has 0 aromatic heterocycles. The maximum atomic E-state index is 11.1. The van der Waals surface area contributed by atoms with Gasteiger partial charge in [0.1, 0.15) is 5.75 Å². The van der Waals surface area contributed by atoms with Crippen LogP contribution in [-0.2, 0) is 4.79 Å². The minimum atomic E-state index is -0.747. The molecule has 1 saturated carbocycles. The molecule has 1 fully saturated rings. The van der Waals surface area contributed by atoms with E-state index in [1.807, 2.05) is 12.1 Å². The van der Waals surface area contributed by atoms with Crippen LogP contribution in [0.1, 0.15) is 56.1 Å². The van der Waals surface area contributed by atoms with Gasteiger partial charge in [0.25, 0.3) is 0 Å². The van der Waals surface area contributed by atoms with E-state index in [1.54, 1.807) is 7.11 Å². The number of carbonyl (C=O) groups is 1. The zero-order chi connectivity index (χ0) is 14.9. The second-order valence-electron chi connectivity index (χ2n) is 5.81. The van der Waals surface area contributed by atoms with Crippen LogP contribution >= 0.6 is 11.6 Å². The molecule has 0 aliphatic heterocycles. The Bertz CT molecular complexity index is 507. The molecule has 0 saturated heterocycles. The molecule has 1 aliphatic rings. The lowest BCUT2D eigenvalue weighted by Crippen LogP contribution is -2.11. The van der Waals surface area contributed by atoms with Crippen molar-refractivity contribution in [2.75, 3.05) is 7.11 Å². The first-order valence-electron chi connectivity index (χ1n) is 7.03. The molecule has 1 N–H and O–H groups in total.